The van der Waals surface area contributed by atoms with Gasteiger partial charge in [-0.2, -0.15) is 0 Å². The van der Waals surface area contributed by atoms with Crippen LogP contribution in [0.15, 0.2) is 35.1 Å². The van der Waals surface area contributed by atoms with Gasteiger partial charge in [-0.1, -0.05) is 37.3 Å². The number of H-pyrrole nitrogens is 1. The summed E-state index contributed by atoms with van der Waals surface area (Å²) in [6.45, 7) is 3.77. The Morgan fingerprint density at radius 1 is 1.35 bits per heavy atom. The lowest BCUT2D eigenvalue weighted by Gasteiger charge is -2.28. The van der Waals surface area contributed by atoms with Crippen molar-refractivity contribution in [2.45, 2.75) is 25.8 Å². The summed E-state index contributed by atoms with van der Waals surface area (Å²) in [5.41, 5.74) is 2.97. The summed E-state index contributed by atoms with van der Waals surface area (Å²) < 4.78 is 0. The van der Waals surface area contributed by atoms with E-state index in [1.807, 2.05) is 25.2 Å². The van der Waals surface area contributed by atoms with Crippen LogP contribution in [0.2, 0.25) is 0 Å². The molecular weight excluding hydrogens is 250 g/mol. The average molecular weight is 269 g/mol. The van der Waals surface area contributed by atoms with Gasteiger partial charge in [-0.15, -0.1) is 0 Å². The Balaban J connectivity index is 1.97. The highest BCUT2D eigenvalue weighted by atomic mass is 16.1. The molecule has 1 aliphatic rings. The van der Waals surface area contributed by atoms with Crippen molar-refractivity contribution in [3.63, 3.8) is 0 Å². The van der Waals surface area contributed by atoms with E-state index in [4.69, 9.17) is 4.98 Å². The van der Waals surface area contributed by atoms with E-state index in [2.05, 4.69) is 28.9 Å². The maximum absolute atomic E-state index is 12.2. The van der Waals surface area contributed by atoms with Gasteiger partial charge in [0.1, 0.15) is 5.82 Å². The molecule has 4 nitrogen and oxygen atoms in total. The second-order valence-corrected chi connectivity index (χ2v) is 5.64. The van der Waals surface area contributed by atoms with Crippen molar-refractivity contribution in [3.05, 3.63) is 63.3 Å². The number of aromatic amines is 1. The first kappa shape index (κ1) is 13.1. The minimum Gasteiger partial charge on any atom is -0.310 e. The third kappa shape index (κ3) is 2.51. The molecule has 0 radical (unpaired) electrons. The van der Waals surface area contributed by atoms with Gasteiger partial charge in [-0.25, -0.2) is 4.98 Å². The zero-order valence-electron chi connectivity index (χ0n) is 11.9. The van der Waals surface area contributed by atoms with Crippen LogP contribution < -0.4 is 5.56 Å². The number of benzene rings is 1. The van der Waals surface area contributed by atoms with E-state index in [1.165, 1.54) is 0 Å². The van der Waals surface area contributed by atoms with Gasteiger partial charge < -0.3 is 9.88 Å². The Morgan fingerprint density at radius 2 is 2.10 bits per heavy atom. The number of fused-ring (bicyclic) bond motifs is 1. The molecule has 0 fully saturated rings. The number of nitrogens with zero attached hydrogens (tertiary/aromatic N) is 2. The molecule has 0 spiro atoms. The monoisotopic (exact) mass is 269 g/mol. The van der Waals surface area contributed by atoms with Gasteiger partial charge in [0, 0.05) is 25.4 Å². The Hall–Kier alpha value is -1.94. The standard InChI is InChI=1S/C16H19N3O/c1-11-9-19(2)10-13-15(11)17-14(18-16(13)20)8-12-6-4-3-5-7-12/h3-7,11H,8-10H2,1-2H3,(H,17,18,20). The van der Waals surface area contributed by atoms with Gasteiger partial charge in [0.25, 0.3) is 5.56 Å². The molecule has 104 valence electrons. The van der Waals surface area contributed by atoms with Crippen molar-refractivity contribution in [2.24, 2.45) is 0 Å². The predicted molar refractivity (Wildman–Crippen MR) is 78.9 cm³/mol. The number of aromatic nitrogens is 2. The molecule has 1 aromatic carbocycles. The molecule has 1 N–H and O–H groups in total. The van der Waals surface area contributed by atoms with Crippen molar-refractivity contribution >= 4 is 0 Å². The smallest absolute Gasteiger partial charge is 0.255 e. The second-order valence-electron chi connectivity index (χ2n) is 5.64. The minimum atomic E-state index is 0.0133. The molecule has 1 atom stereocenters. The molecule has 0 amide bonds. The topological polar surface area (TPSA) is 49.0 Å². The molecule has 1 aromatic heterocycles. The number of hydrogen-bond acceptors (Lipinski definition) is 3. The van der Waals surface area contributed by atoms with E-state index in [9.17, 15) is 4.79 Å². The molecular formula is C16H19N3O. The number of likely N-dealkylation sites (N-methyl/N-ethyl adjacent to an activating group) is 1. The van der Waals surface area contributed by atoms with Gasteiger partial charge >= 0.3 is 0 Å². The van der Waals surface area contributed by atoms with E-state index in [0.29, 0.717) is 18.9 Å². The van der Waals surface area contributed by atoms with E-state index in [-0.39, 0.29) is 5.56 Å². The van der Waals surface area contributed by atoms with Crippen molar-refractivity contribution < 1.29 is 0 Å². The van der Waals surface area contributed by atoms with Gasteiger partial charge in [0.15, 0.2) is 0 Å². The van der Waals surface area contributed by atoms with Crippen molar-refractivity contribution in [2.75, 3.05) is 13.6 Å². The van der Waals surface area contributed by atoms with E-state index >= 15 is 0 Å². The number of rotatable bonds is 2. The first-order valence-electron chi connectivity index (χ1n) is 6.98. The van der Waals surface area contributed by atoms with Crippen molar-refractivity contribution in [3.8, 4) is 0 Å². The second kappa shape index (κ2) is 5.21. The molecule has 20 heavy (non-hydrogen) atoms. The molecule has 1 unspecified atom stereocenters. The molecule has 1 aliphatic heterocycles. The van der Waals surface area contributed by atoms with Gasteiger partial charge in [-0.05, 0) is 12.6 Å². The van der Waals surface area contributed by atoms with Crippen LogP contribution in [0.3, 0.4) is 0 Å². The third-order valence-electron chi connectivity index (χ3n) is 3.79. The Morgan fingerprint density at radius 3 is 2.85 bits per heavy atom. The highest BCUT2D eigenvalue weighted by molar-refractivity contribution is 5.26. The molecule has 0 saturated carbocycles. The first-order chi connectivity index (χ1) is 9.63. The van der Waals surface area contributed by atoms with Gasteiger partial charge in [0.05, 0.1) is 11.3 Å². The normalized spacial score (nSPS) is 18.8. The molecule has 0 saturated heterocycles. The number of nitrogens with one attached hydrogen (secondary N) is 1. The van der Waals surface area contributed by atoms with E-state index < -0.39 is 0 Å². The molecule has 2 heterocycles. The maximum Gasteiger partial charge on any atom is 0.255 e. The fourth-order valence-electron chi connectivity index (χ4n) is 2.89. The minimum absolute atomic E-state index is 0.0133. The molecule has 4 heteroatoms. The molecule has 0 bridgehead atoms. The first-order valence-corrected chi connectivity index (χ1v) is 6.98. The molecule has 0 aliphatic carbocycles. The zero-order chi connectivity index (χ0) is 14.1. The van der Waals surface area contributed by atoms with Crippen LogP contribution in [0.5, 0.6) is 0 Å². The van der Waals surface area contributed by atoms with E-state index in [1.54, 1.807) is 0 Å². The maximum atomic E-state index is 12.2. The number of hydrogen-bond donors (Lipinski definition) is 1. The zero-order valence-corrected chi connectivity index (χ0v) is 11.9. The third-order valence-corrected chi connectivity index (χ3v) is 3.79. The highest BCUT2D eigenvalue weighted by Crippen LogP contribution is 2.23. The lowest BCUT2D eigenvalue weighted by atomic mass is 9.97. The van der Waals surface area contributed by atoms with Crippen molar-refractivity contribution in [1.82, 2.24) is 14.9 Å². The van der Waals surface area contributed by atoms with Crippen LogP contribution in [0, 0.1) is 0 Å². The van der Waals surface area contributed by atoms with Crippen molar-refractivity contribution in [1.29, 1.82) is 0 Å². The summed E-state index contributed by atoms with van der Waals surface area (Å²) in [6.07, 6.45) is 0.673. The summed E-state index contributed by atoms with van der Waals surface area (Å²) >= 11 is 0. The summed E-state index contributed by atoms with van der Waals surface area (Å²) in [5.74, 6) is 1.07. The van der Waals surface area contributed by atoms with Crippen LogP contribution >= 0.6 is 0 Å². The Kier molecular flexibility index (Phi) is 3.40. The summed E-state index contributed by atoms with van der Waals surface area (Å²) in [6, 6.07) is 10.1. The fraction of sp³-hybridized carbons (Fsp3) is 0.375. The Bertz CT molecular complexity index is 663. The van der Waals surface area contributed by atoms with Gasteiger partial charge in [0.2, 0.25) is 0 Å². The summed E-state index contributed by atoms with van der Waals surface area (Å²) in [7, 11) is 2.04. The summed E-state index contributed by atoms with van der Waals surface area (Å²) in [5, 5.41) is 0. The largest absolute Gasteiger partial charge is 0.310 e. The van der Waals surface area contributed by atoms with Crippen LogP contribution in [0.25, 0.3) is 0 Å². The summed E-state index contributed by atoms with van der Waals surface area (Å²) in [4.78, 5) is 22.0. The van der Waals surface area contributed by atoms with E-state index in [0.717, 1.165) is 29.2 Å². The van der Waals surface area contributed by atoms with Crippen LogP contribution in [-0.2, 0) is 13.0 Å². The quantitative estimate of drug-likeness (QED) is 0.906. The molecule has 3 rings (SSSR count). The lowest BCUT2D eigenvalue weighted by Crippen LogP contribution is -2.35. The fourth-order valence-corrected chi connectivity index (χ4v) is 2.89. The van der Waals surface area contributed by atoms with Crippen LogP contribution in [0.4, 0.5) is 0 Å². The highest BCUT2D eigenvalue weighted by Gasteiger charge is 2.24. The molecule has 2 aromatic rings. The lowest BCUT2D eigenvalue weighted by molar-refractivity contribution is 0.281. The average Bonchev–Trinajstić information content (AvgIpc) is 2.41. The van der Waals surface area contributed by atoms with Gasteiger partial charge in [-0.3, -0.25) is 4.79 Å². The SMILES string of the molecule is CC1CN(C)Cc2c1nc(Cc1ccccc1)[nH]c2=O. The predicted octanol–water partition coefficient (Wildman–Crippen LogP) is 1.91. The van der Waals surface area contributed by atoms with Crippen LogP contribution in [-0.4, -0.2) is 28.5 Å². The Labute approximate surface area is 118 Å². The van der Waals surface area contributed by atoms with Crippen LogP contribution in [0.1, 0.15) is 35.5 Å².